The van der Waals surface area contributed by atoms with Crippen LogP contribution in [0, 0.1) is 0 Å². The lowest BCUT2D eigenvalue weighted by molar-refractivity contribution is -0.145. The fraction of sp³-hybridized carbons (Fsp3) is 0.545. The molecule has 2 N–H and O–H groups in total. The van der Waals surface area contributed by atoms with Crippen LogP contribution >= 0.6 is 0 Å². The van der Waals surface area contributed by atoms with Crippen molar-refractivity contribution < 1.29 is 19.1 Å². The highest BCUT2D eigenvalue weighted by Gasteiger charge is 2.34. The maximum Gasteiger partial charge on any atom is 0.338 e. The van der Waals surface area contributed by atoms with Crippen molar-refractivity contribution in [3.63, 3.8) is 0 Å². The molecule has 6 heteroatoms. The van der Waals surface area contributed by atoms with Crippen molar-refractivity contribution in [1.82, 2.24) is 10.6 Å². The zero-order chi connectivity index (χ0) is 19.9. The second-order valence-electron chi connectivity index (χ2n) is 7.41. The molecule has 0 unspecified atom stereocenters. The van der Waals surface area contributed by atoms with Crippen LogP contribution in [0.5, 0.6) is 5.75 Å². The lowest BCUT2D eigenvalue weighted by Crippen LogP contribution is -2.45. The zero-order valence-electron chi connectivity index (χ0n) is 16.8. The minimum atomic E-state index is -0.599. The Morgan fingerprint density at radius 1 is 1.11 bits per heavy atom. The van der Waals surface area contributed by atoms with Gasteiger partial charge in [0.05, 0.1) is 18.2 Å². The van der Waals surface area contributed by atoms with Crippen LogP contribution in [0.1, 0.15) is 70.4 Å². The maximum atomic E-state index is 13.1. The third-order valence-corrected chi connectivity index (χ3v) is 5.34. The zero-order valence-corrected chi connectivity index (χ0v) is 16.8. The van der Waals surface area contributed by atoms with E-state index in [1.54, 1.807) is 6.92 Å². The van der Waals surface area contributed by atoms with Crippen molar-refractivity contribution in [1.29, 1.82) is 0 Å². The van der Waals surface area contributed by atoms with Gasteiger partial charge in [-0.25, -0.2) is 9.59 Å². The number of ether oxygens (including phenoxy) is 2. The first-order chi connectivity index (χ1) is 13.6. The number of hydrogen-bond donors (Lipinski definition) is 2. The highest BCUT2D eigenvalue weighted by molar-refractivity contribution is 5.95. The van der Waals surface area contributed by atoms with E-state index in [9.17, 15) is 9.59 Å². The lowest BCUT2D eigenvalue weighted by Gasteiger charge is -2.30. The third kappa shape index (κ3) is 4.86. The number of para-hydroxylation sites is 1. The summed E-state index contributed by atoms with van der Waals surface area (Å²) in [6, 6.07) is 6.53. The smallest absolute Gasteiger partial charge is 0.338 e. The average molecular weight is 386 g/mol. The topological polar surface area (TPSA) is 76.7 Å². The molecule has 2 aliphatic rings. The molecule has 1 aromatic rings. The number of carbonyl (C=O) groups excluding carboxylic acids is 2. The highest BCUT2D eigenvalue weighted by Crippen LogP contribution is 2.34. The van der Waals surface area contributed by atoms with E-state index in [1.165, 1.54) is 19.3 Å². The molecule has 152 valence electrons. The molecule has 0 radical (unpaired) electrons. The van der Waals surface area contributed by atoms with Gasteiger partial charge in [0.2, 0.25) is 0 Å². The number of benzene rings is 1. The van der Waals surface area contributed by atoms with Gasteiger partial charge in [-0.1, -0.05) is 37.5 Å². The van der Waals surface area contributed by atoms with E-state index in [2.05, 4.69) is 10.6 Å². The van der Waals surface area contributed by atoms with Gasteiger partial charge in [0.15, 0.2) is 0 Å². The van der Waals surface area contributed by atoms with Crippen molar-refractivity contribution in [3.05, 3.63) is 41.1 Å². The molecule has 28 heavy (non-hydrogen) atoms. The molecular weight excluding hydrogens is 356 g/mol. The molecule has 1 saturated carbocycles. The van der Waals surface area contributed by atoms with Crippen LogP contribution in [0.3, 0.4) is 0 Å². The van der Waals surface area contributed by atoms with E-state index in [0.717, 1.165) is 31.2 Å². The summed E-state index contributed by atoms with van der Waals surface area (Å²) < 4.78 is 11.6. The van der Waals surface area contributed by atoms with Crippen LogP contribution in [0.2, 0.25) is 0 Å². The predicted octanol–water partition coefficient (Wildman–Crippen LogP) is 4.37. The summed E-state index contributed by atoms with van der Waals surface area (Å²) >= 11 is 0. The fourth-order valence-electron chi connectivity index (χ4n) is 3.96. The van der Waals surface area contributed by atoms with E-state index in [-0.39, 0.29) is 18.1 Å². The van der Waals surface area contributed by atoms with Crippen LogP contribution in [-0.4, -0.2) is 24.7 Å². The molecule has 1 aliphatic heterocycles. The molecule has 0 aromatic heterocycles. The van der Waals surface area contributed by atoms with Crippen molar-refractivity contribution >= 4 is 12.0 Å². The Bertz CT molecular complexity index is 736. The Morgan fingerprint density at radius 2 is 1.79 bits per heavy atom. The number of amides is 2. The van der Waals surface area contributed by atoms with Gasteiger partial charge in [-0.05, 0) is 45.6 Å². The summed E-state index contributed by atoms with van der Waals surface area (Å²) in [5.74, 6) is 0.285. The molecule has 3 rings (SSSR count). The Balaban J connectivity index is 1.86. The third-order valence-electron chi connectivity index (χ3n) is 5.34. The van der Waals surface area contributed by atoms with Crippen LogP contribution < -0.4 is 15.4 Å². The van der Waals surface area contributed by atoms with Crippen LogP contribution in [0.4, 0.5) is 4.79 Å². The molecule has 1 heterocycles. The van der Waals surface area contributed by atoms with Crippen LogP contribution in [-0.2, 0) is 9.53 Å². The second kappa shape index (κ2) is 9.62. The number of hydrogen-bond acceptors (Lipinski definition) is 4. The van der Waals surface area contributed by atoms with Gasteiger partial charge < -0.3 is 20.1 Å². The summed E-state index contributed by atoms with van der Waals surface area (Å²) in [5.41, 5.74) is 1.72. The maximum absolute atomic E-state index is 13.1. The average Bonchev–Trinajstić information content (AvgIpc) is 2.64. The van der Waals surface area contributed by atoms with Crippen molar-refractivity contribution in [2.75, 3.05) is 6.61 Å². The summed E-state index contributed by atoms with van der Waals surface area (Å²) in [4.78, 5) is 25.2. The summed E-state index contributed by atoms with van der Waals surface area (Å²) in [6.45, 7) is 4.15. The first-order valence-corrected chi connectivity index (χ1v) is 10.3. The molecular formula is C22H30N2O4. The Hall–Kier alpha value is -2.50. The van der Waals surface area contributed by atoms with E-state index < -0.39 is 6.04 Å². The normalized spacial score (nSPS) is 21.2. The van der Waals surface area contributed by atoms with E-state index >= 15 is 0 Å². The molecule has 0 saturated heterocycles. The molecule has 1 aromatic carbocycles. The molecule has 1 atom stereocenters. The number of nitrogens with one attached hydrogen (secondary N) is 2. The predicted molar refractivity (Wildman–Crippen MR) is 107 cm³/mol. The molecule has 1 aliphatic carbocycles. The van der Waals surface area contributed by atoms with Crippen molar-refractivity contribution in [2.24, 2.45) is 0 Å². The Labute approximate surface area is 166 Å². The largest absolute Gasteiger partial charge is 0.494 e. The number of rotatable bonds is 5. The number of carbonyl (C=O) groups is 2. The minimum absolute atomic E-state index is 0.0616. The summed E-state index contributed by atoms with van der Waals surface area (Å²) in [7, 11) is 0. The number of esters is 1. The van der Waals surface area contributed by atoms with Gasteiger partial charge in [0, 0.05) is 11.3 Å². The SMILES string of the molecule is CCOc1ccccc1[C@H]1NC(=O)NC(C)=C1C(=O)OC1CCCCCCC1. The number of allylic oxidation sites excluding steroid dienone is 1. The van der Waals surface area contributed by atoms with Gasteiger partial charge in [0.25, 0.3) is 0 Å². The highest BCUT2D eigenvalue weighted by atomic mass is 16.5. The quantitative estimate of drug-likeness (QED) is 0.737. The van der Waals surface area contributed by atoms with Gasteiger partial charge in [0.1, 0.15) is 11.9 Å². The molecule has 0 spiro atoms. The second-order valence-corrected chi connectivity index (χ2v) is 7.41. The van der Waals surface area contributed by atoms with Crippen molar-refractivity contribution in [3.8, 4) is 5.75 Å². The lowest BCUT2D eigenvalue weighted by atomic mass is 9.94. The first kappa shape index (κ1) is 20.2. The van der Waals surface area contributed by atoms with E-state index in [1.807, 2.05) is 31.2 Å². The standard InChI is InChI=1S/C22H30N2O4/c1-3-27-18-14-10-9-13-17(18)20-19(15(2)23-22(26)24-20)21(25)28-16-11-7-5-4-6-8-12-16/h9-10,13-14,16,20H,3-8,11-12H2,1-2H3,(H2,23,24,26)/t20-/m1/s1. The Kier molecular flexibility index (Phi) is 6.95. The van der Waals surface area contributed by atoms with Crippen molar-refractivity contribution in [2.45, 2.75) is 70.9 Å². The fourth-order valence-corrected chi connectivity index (χ4v) is 3.96. The Morgan fingerprint density at radius 3 is 2.50 bits per heavy atom. The first-order valence-electron chi connectivity index (χ1n) is 10.3. The van der Waals surface area contributed by atoms with E-state index in [4.69, 9.17) is 9.47 Å². The molecule has 0 bridgehead atoms. The van der Waals surface area contributed by atoms with Crippen LogP contribution in [0.25, 0.3) is 0 Å². The molecule has 6 nitrogen and oxygen atoms in total. The summed E-state index contributed by atoms with van der Waals surface area (Å²) in [5, 5.41) is 5.57. The van der Waals surface area contributed by atoms with E-state index in [0.29, 0.717) is 23.6 Å². The van der Waals surface area contributed by atoms with Gasteiger partial charge in [-0.3, -0.25) is 0 Å². The summed E-state index contributed by atoms with van der Waals surface area (Å²) in [6.07, 6.45) is 7.56. The number of urea groups is 1. The van der Waals surface area contributed by atoms with Gasteiger partial charge in [-0.15, -0.1) is 0 Å². The van der Waals surface area contributed by atoms with Gasteiger partial charge in [-0.2, -0.15) is 0 Å². The minimum Gasteiger partial charge on any atom is -0.494 e. The van der Waals surface area contributed by atoms with Gasteiger partial charge >= 0.3 is 12.0 Å². The molecule has 2 amide bonds. The molecule has 1 fully saturated rings. The monoisotopic (exact) mass is 386 g/mol. The van der Waals surface area contributed by atoms with Crippen LogP contribution in [0.15, 0.2) is 35.5 Å².